The summed E-state index contributed by atoms with van der Waals surface area (Å²) in [5.74, 6) is -1.13. The average Bonchev–Trinajstić information content (AvgIpc) is 2.50. The highest BCUT2D eigenvalue weighted by Gasteiger charge is 2.26. The number of halogens is 1. The number of carbonyl (C=O) groups excluding carboxylic acids is 2. The number of methoxy groups -OCH3 is 1. The summed E-state index contributed by atoms with van der Waals surface area (Å²) in [6.07, 6.45) is 0.737. The van der Waals surface area contributed by atoms with Gasteiger partial charge in [0.05, 0.1) is 12.9 Å². The number of thioether (sulfide) groups is 1. The van der Waals surface area contributed by atoms with Gasteiger partial charge >= 0.3 is 5.97 Å². The fraction of sp³-hybridized carbons (Fsp3) is 0.467. The number of hydrogen-bond acceptors (Lipinski definition) is 4. The maximum absolute atomic E-state index is 13.4. The van der Waals surface area contributed by atoms with Crippen molar-refractivity contribution in [2.75, 3.05) is 12.9 Å². The summed E-state index contributed by atoms with van der Waals surface area (Å²) in [4.78, 5) is 24.0. The van der Waals surface area contributed by atoms with Gasteiger partial charge in [0, 0.05) is 4.90 Å². The van der Waals surface area contributed by atoms with Crippen LogP contribution in [0.5, 0.6) is 0 Å². The normalized spacial score (nSPS) is 13.3. The Morgan fingerprint density at radius 2 is 2.05 bits per heavy atom. The number of ether oxygens (including phenoxy) is 1. The molecule has 2 atom stereocenters. The maximum Gasteiger partial charge on any atom is 0.328 e. The van der Waals surface area contributed by atoms with Gasteiger partial charge in [0.2, 0.25) is 5.91 Å². The fourth-order valence-electron chi connectivity index (χ4n) is 1.72. The number of hydrogen-bond donors (Lipinski definition) is 1. The minimum Gasteiger partial charge on any atom is -0.467 e. The Bertz CT molecular complexity index is 496. The van der Waals surface area contributed by atoms with Crippen molar-refractivity contribution in [3.63, 3.8) is 0 Å². The molecule has 1 aromatic rings. The third-order valence-electron chi connectivity index (χ3n) is 3.18. The van der Waals surface area contributed by atoms with Gasteiger partial charge in [0.15, 0.2) is 0 Å². The summed E-state index contributed by atoms with van der Waals surface area (Å²) >= 11 is 1.10. The third kappa shape index (κ3) is 5.38. The largest absolute Gasteiger partial charge is 0.467 e. The van der Waals surface area contributed by atoms with Gasteiger partial charge in [0.1, 0.15) is 11.9 Å². The van der Waals surface area contributed by atoms with Crippen LogP contribution >= 0.6 is 11.8 Å². The molecule has 0 saturated carbocycles. The second-order valence-electron chi connectivity index (χ2n) is 4.67. The number of carbonyl (C=O) groups is 2. The molecule has 0 aliphatic heterocycles. The SMILES string of the molecule is CC[C@@H](C)[C@H](NC(=O)CSc1ccccc1F)C(=O)OC. The highest BCUT2D eigenvalue weighted by Crippen LogP contribution is 2.21. The molecule has 0 bridgehead atoms. The highest BCUT2D eigenvalue weighted by molar-refractivity contribution is 8.00. The van der Waals surface area contributed by atoms with E-state index in [1.165, 1.54) is 13.2 Å². The van der Waals surface area contributed by atoms with Gasteiger partial charge in [-0.2, -0.15) is 0 Å². The van der Waals surface area contributed by atoms with Crippen LogP contribution in [-0.2, 0) is 14.3 Å². The van der Waals surface area contributed by atoms with E-state index in [0.29, 0.717) is 4.90 Å². The monoisotopic (exact) mass is 313 g/mol. The van der Waals surface area contributed by atoms with Crippen LogP contribution in [0.25, 0.3) is 0 Å². The summed E-state index contributed by atoms with van der Waals surface area (Å²) in [6.45, 7) is 3.80. The highest BCUT2D eigenvalue weighted by atomic mass is 32.2. The van der Waals surface area contributed by atoms with E-state index in [9.17, 15) is 14.0 Å². The van der Waals surface area contributed by atoms with Gasteiger partial charge < -0.3 is 10.1 Å². The standard InChI is InChI=1S/C15H20FNO3S/c1-4-10(2)14(15(19)20-3)17-13(18)9-21-12-8-6-5-7-11(12)16/h5-8,10,14H,4,9H2,1-3H3,(H,17,18)/t10-,14+/m1/s1. The lowest BCUT2D eigenvalue weighted by atomic mass is 9.99. The Hall–Kier alpha value is -1.56. The molecule has 6 heteroatoms. The second kappa shape index (κ2) is 8.67. The minimum atomic E-state index is -0.672. The van der Waals surface area contributed by atoms with E-state index >= 15 is 0 Å². The Kier molecular flexibility index (Phi) is 7.22. The van der Waals surface area contributed by atoms with Crippen molar-refractivity contribution in [1.29, 1.82) is 0 Å². The predicted molar refractivity (Wildman–Crippen MR) is 80.5 cm³/mol. The van der Waals surface area contributed by atoms with E-state index in [-0.39, 0.29) is 23.4 Å². The van der Waals surface area contributed by atoms with Crippen molar-refractivity contribution in [2.24, 2.45) is 5.92 Å². The van der Waals surface area contributed by atoms with E-state index in [0.717, 1.165) is 18.2 Å². The summed E-state index contributed by atoms with van der Waals surface area (Å²) in [5.41, 5.74) is 0. The molecule has 4 nitrogen and oxygen atoms in total. The molecule has 0 aromatic heterocycles. The zero-order chi connectivity index (χ0) is 15.8. The van der Waals surface area contributed by atoms with Crippen LogP contribution in [0.1, 0.15) is 20.3 Å². The van der Waals surface area contributed by atoms with E-state index in [4.69, 9.17) is 4.74 Å². The Labute approximate surface area is 128 Å². The van der Waals surface area contributed by atoms with Gasteiger partial charge in [-0.1, -0.05) is 32.4 Å². The Balaban J connectivity index is 2.58. The molecule has 0 fully saturated rings. The fourth-order valence-corrected chi connectivity index (χ4v) is 2.47. The first kappa shape index (κ1) is 17.5. The van der Waals surface area contributed by atoms with Gasteiger partial charge in [-0.05, 0) is 18.1 Å². The molecular weight excluding hydrogens is 293 g/mol. The second-order valence-corrected chi connectivity index (χ2v) is 5.69. The van der Waals surface area contributed by atoms with Crippen LogP contribution in [-0.4, -0.2) is 30.8 Å². The van der Waals surface area contributed by atoms with Crippen LogP contribution in [0.4, 0.5) is 4.39 Å². The lowest BCUT2D eigenvalue weighted by Crippen LogP contribution is -2.46. The summed E-state index contributed by atoms with van der Waals surface area (Å²) in [7, 11) is 1.29. The Morgan fingerprint density at radius 1 is 1.38 bits per heavy atom. The molecule has 0 aliphatic rings. The molecular formula is C15H20FNO3S. The van der Waals surface area contributed by atoms with Crippen LogP contribution in [0.15, 0.2) is 29.2 Å². The first-order valence-corrected chi connectivity index (χ1v) is 7.72. The lowest BCUT2D eigenvalue weighted by Gasteiger charge is -2.21. The van der Waals surface area contributed by atoms with Crippen molar-refractivity contribution < 1.29 is 18.7 Å². The van der Waals surface area contributed by atoms with Crippen LogP contribution in [0, 0.1) is 11.7 Å². The molecule has 21 heavy (non-hydrogen) atoms. The number of nitrogens with one attached hydrogen (secondary N) is 1. The van der Waals surface area contributed by atoms with Crippen molar-refractivity contribution in [2.45, 2.75) is 31.2 Å². The van der Waals surface area contributed by atoms with E-state index in [1.807, 2.05) is 13.8 Å². The zero-order valence-corrected chi connectivity index (χ0v) is 13.2. The number of benzene rings is 1. The third-order valence-corrected chi connectivity index (χ3v) is 4.23. The van der Waals surface area contributed by atoms with Crippen molar-refractivity contribution in [3.05, 3.63) is 30.1 Å². The molecule has 116 valence electrons. The van der Waals surface area contributed by atoms with Gasteiger partial charge in [0.25, 0.3) is 0 Å². The number of amides is 1. The summed E-state index contributed by atoms with van der Waals surface area (Å²) in [6, 6.07) is 5.58. The molecule has 1 amide bonds. The number of esters is 1. The molecule has 0 aliphatic carbocycles. The molecule has 1 rings (SSSR count). The lowest BCUT2D eigenvalue weighted by molar-refractivity contribution is -0.146. The molecule has 0 heterocycles. The summed E-state index contributed by atoms with van der Waals surface area (Å²) < 4.78 is 18.1. The van der Waals surface area contributed by atoms with Crippen LogP contribution in [0.3, 0.4) is 0 Å². The molecule has 0 unspecified atom stereocenters. The molecule has 1 aromatic carbocycles. The molecule has 0 saturated heterocycles. The van der Waals surface area contributed by atoms with E-state index < -0.39 is 12.0 Å². The summed E-state index contributed by atoms with van der Waals surface area (Å²) in [5, 5.41) is 2.65. The van der Waals surface area contributed by atoms with Gasteiger partial charge in [-0.3, -0.25) is 4.79 Å². The van der Waals surface area contributed by atoms with E-state index in [1.54, 1.807) is 18.2 Å². The minimum absolute atomic E-state index is 0.0279. The maximum atomic E-state index is 13.4. The van der Waals surface area contributed by atoms with E-state index in [2.05, 4.69) is 5.32 Å². The van der Waals surface area contributed by atoms with Crippen molar-refractivity contribution >= 4 is 23.6 Å². The topological polar surface area (TPSA) is 55.4 Å². The molecule has 0 spiro atoms. The smallest absolute Gasteiger partial charge is 0.328 e. The van der Waals surface area contributed by atoms with Crippen LogP contribution in [0.2, 0.25) is 0 Å². The first-order valence-electron chi connectivity index (χ1n) is 6.74. The Morgan fingerprint density at radius 3 is 2.62 bits per heavy atom. The molecule has 0 radical (unpaired) electrons. The quantitative estimate of drug-likeness (QED) is 0.621. The average molecular weight is 313 g/mol. The van der Waals surface area contributed by atoms with Crippen molar-refractivity contribution in [1.82, 2.24) is 5.32 Å². The van der Waals surface area contributed by atoms with Crippen LogP contribution < -0.4 is 5.32 Å². The molecule has 1 N–H and O–H groups in total. The zero-order valence-electron chi connectivity index (χ0n) is 12.4. The number of rotatable bonds is 7. The predicted octanol–water partition coefficient (Wildman–Crippen LogP) is 2.62. The first-order chi connectivity index (χ1) is 9.99. The van der Waals surface area contributed by atoms with Gasteiger partial charge in [-0.25, -0.2) is 9.18 Å². The van der Waals surface area contributed by atoms with Gasteiger partial charge in [-0.15, -0.1) is 11.8 Å². The van der Waals surface area contributed by atoms with Crippen molar-refractivity contribution in [3.8, 4) is 0 Å².